The predicted octanol–water partition coefficient (Wildman–Crippen LogP) is 5.39. The van der Waals surface area contributed by atoms with E-state index in [1.165, 1.54) is 26.5 Å². The van der Waals surface area contributed by atoms with Gasteiger partial charge in [-0.2, -0.15) is 0 Å². The minimum atomic E-state index is -0.721. The topological polar surface area (TPSA) is 101 Å². The van der Waals surface area contributed by atoms with Gasteiger partial charge in [-0.1, -0.05) is 57.5 Å². The molecule has 1 aromatic carbocycles. The maximum atomic E-state index is 13.1. The van der Waals surface area contributed by atoms with E-state index >= 15 is 0 Å². The number of rotatable bonds is 15. The number of nitrogens with zero attached hydrogens (tertiary/aromatic N) is 1. The number of aromatic nitrogens is 1. The second-order valence-electron chi connectivity index (χ2n) is 9.57. The molecule has 3 atom stereocenters. The van der Waals surface area contributed by atoms with Gasteiger partial charge in [0, 0.05) is 31.7 Å². The average molecular weight is 514 g/mol. The molecule has 0 aliphatic carbocycles. The Morgan fingerprint density at radius 2 is 1.65 bits per heavy atom. The van der Waals surface area contributed by atoms with Crippen molar-refractivity contribution in [2.75, 3.05) is 20.8 Å². The molecule has 0 amide bonds. The molecule has 0 unspecified atom stereocenters. The van der Waals surface area contributed by atoms with Crippen LogP contribution in [0.3, 0.4) is 0 Å². The van der Waals surface area contributed by atoms with E-state index in [2.05, 4.69) is 18.8 Å². The number of ether oxygens (including phenoxy) is 4. The molecule has 37 heavy (non-hydrogen) atoms. The quantitative estimate of drug-likeness (QED) is 0.231. The Balaban J connectivity index is 2.12. The first-order chi connectivity index (χ1) is 17.7. The Kier molecular flexibility index (Phi) is 12.2. The zero-order valence-electron chi connectivity index (χ0n) is 22.7. The maximum Gasteiger partial charge on any atom is 0.313 e. The highest BCUT2D eigenvalue weighted by atomic mass is 16.6. The number of pyridine rings is 1. The number of ketones is 1. The van der Waals surface area contributed by atoms with E-state index in [0.29, 0.717) is 5.92 Å². The molecule has 2 aromatic rings. The molecule has 2 rings (SSSR count). The van der Waals surface area contributed by atoms with E-state index in [1.807, 2.05) is 37.3 Å². The van der Waals surface area contributed by atoms with Crippen LogP contribution < -0.4 is 9.47 Å². The van der Waals surface area contributed by atoms with Crippen LogP contribution in [0.1, 0.15) is 75.3 Å². The number of hydrogen-bond donors (Lipinski definition) is 0. The van der Waals surface area contributed by atoms with Gasteiger partial charge in [0.25, 0.3) is 0 Å². The third-order valence-corrected chi connectivity index (χ3v) is 6.12. The highest BCUT2D eigenvalue weighted by Gasteiger charge is 2.29. The number of carbonyl (C=O) groups excluding carboxylic acids is 3. The van der Waals surface area contributed by atoms with Gasteiger partial charge < -0.3 is 18.9 Å². The molecule has 0 saturated heterocycles. The first-order valence-corrected chi connectivity index (χ1v) is 12.7. The summed E-state index contributed by atoms with van der Waals surface area (Å²) in [6, 6.07) is 11.5. The van der Waals surface area contributed by atoms with E-state index in [0.717, 1.165) is 18.4 Å². The SMILES string of the molecule is COCCC(=O)Oc1c(OC)ccnc1C(=O)C[C@@H](C)C(=O)O[C@@H](C)[C@H](CCC(C)C)c1ccccc1. The summed E-state index contributed by atoms with van der Waals surface area (Å²) in [4.78, 5) is 42.4. The summed E-state index contributed by atoms with van der Waals surface area (Å²) in [5.41, 5.74) is 1.05. The highest BCUT2D eigenvalue weighted by Crippen LogP contribution is 2.32. The Labute approximate surface area is 219 Å². The third-order valence-electron chi connectivity index (χ3n) is 6.12. The fourth-order valence-electron chi connectivity index (χ4n) is 3.96. The molecule has 0 saturated carbocycles. The maximum absolute atomic E-state index is 13.1. The fraction of sp³-hybridized carbons (Fsp3) is 0.517. The molecule has 1 aromatic heterocycles. The van der Waals surface area contributed by atoms with Crippen LogP contribution in [-0.4, -0.2) is 49.6 Å². The largest absolute Gasteiger partial charge is 0.493 e. The molecule has 1 heterocycles. The van der Waals surface area contributed by atoms with Gasteiger partial charge in [0.15, 0.2) is 17.2 Å². The van der Waals surface area contributed by atoms with E-state index in [9.17, 15) is 14.4 Å². The molecular weight excluding hydrogens is 474 g/mol. The minimum absolute atomic E-state index is 0.00217. The van der Waals surface area contributed by atoms with Gasteiger partial charge in [-0.25, -0.2) is 4.98 Å². The number of carbonyl (C=O) groups is 3. The van der Waals surface area contributed by atoms with Gasteiger partial charge in [0.2, 0.25) is 5.75 Å². The lowest BCUT2D eigenvalue weighted by atomic mass is 9.87. The molecule has 0 radical (unpaired) electrons. The smallest absolute Gasteiger partial charge is 0.313 e. The lowest BCUT2D eigenvalue weighted by Crippen LogP contribution is -2.27. The van der Waals surface area contributed by atoms with Crippen LogP contribution in [0.15, 0.2) is 42.6 Å². The Hall–Kier alpha value is -3.26. The second kappa shape index (κ2) is 15.1. The molecule has 0 aliphatic rings. The van der Waals surface area contributed by atoms with Crippen molar-refractivity contribution in [2.24, 2.45) is 11.8 Å². The summed E-state index contributed by atoms with van der Waals surface area (Å²) in [6.45, 7) is 8.05. The summed E-state index contributed by atoms with van der Waals surface area (Å²) in [6.07, 6.45) is 2.76. The minimum Gasteiger partial charge on any atom is -0.493 e. The number of methoxy groups -OCH3 is 2. The van der Waals surface area contributed by atoms with Crippen molar-refractivity contribution in [3.63, 3.8) is 0 Å². The Morgan fingerprint density at radius 1 is 0.946 bits per heavy atom. The molecule has 8 heteroatoms. The fourth-order valence-corrected chi connectivity index (χ4v) is 3.96. The van der Waals surface area contributed by atoms with Crippen molar-refractivity contribution in [3.05, 3.63) is 53.9 Å². The molecule has 0 fully saturated rings. The van der Waals surface area contributed by atoms with Crippen molar-refractivity contribution >= 4 is 17.7 Å². The Morgan fingerprint density at radius 3 is 2.27 bits per heavy atom. The lowest BCUT2D eigenvalue weighted by Gasteiger charge is -2.26. The lowest BCUT2D eigenvalue weighted by molar-refractivity contribution is -0.153. The first kappa shape index (κ1) is 30.0. The van der Waals surface area contributed by atoms with Gasteiger partial charge in [-0.3, -0.25) is 14.4 Å². The van der Waals surface area contributed by atoms with Crippen LogP contribution in [-0.2, 0) is 19.1 Å². The van der Waals surface area contributed by atoms with Crippen molar-refractivity contribution in [3.8, 4) is 11.5 Å². The van der Waals surface area contributed by atoms with E-state index in [4.69, 9.17) is 18.9 Å². The number of benzene rings is 1. The molecule has 8 nitrogen and oxygen atoms in total. The summed E-state index contributed by atoms with van der Waals surface area (Å²) in [5, 5.41) is 0. The molecule has 0 bridgehead atoms. The number of hydrogen-bond acceptors (Lipinski definition) is 8. The first-order valence-electron chi connectivity index (χ1n) is 12.7. The van der Waals surface area contributed by atoms with Crippen LogP contribution in [0.2, 0.25) is 0 Å². The molecule has 0 aliphatic heterocycles. The third kappa shape index (κ3) is 9.28. The monoisotopic (exact) mass is 513 g/mol. The van der Waals surface area contributed by atoms with Crippen LogP contribution in [0.5, 0.6) is 11.5 Å². The molecular formula is C29H39NO7. The van der Waals surface area contributed by atoms with Crippen molar-refractivity contribution in [2.45, 2.75) is 65.4 Å². The van der Waals surface area contributed by atoms with E-state index < -0.39 is 23.6 Å². The normalized spacial score (nSPS) is 13.5. The van der Waals surface area contributed by atoms with E-state index in [-0.39, 0.29) is 48.7 Å². The summed E-state index contributed by atoms with van der Waals surface area (Å²) >= 11 is 0. The van der Waals surface area contributed by atoms with Gasteiger partial charge in [-0.15, -0.1) is 0 Å². The van der Waals surface area contributed by atoms with Crippen molar-refractivity contribution < 1.29 is 33.3 Å². The zero-order chi connectivity index (χ0) is 27.4. The molecule has 202 valence electrons. The second-order valence-corrected chi connectivity index (χ2v) is 9.57. The summed E-state index contributed by atoms with van der Waals surface area (Å²) < 4.78 is 21.4. The summed E-state index contributed by atoms with van der Waals surface area (Å²) in [5.74, 6) is -1.52. The predicted molar refractivity (Wildman–Crippen MR) is 140 cm³/mol. The standard InChI is InChI=1S/C29H39NO7/c1-19(2)12-13-23(22-10-8-7-9-11-22)21(4)36-29(33)20(3)18-24(31)27-28(25(35-6)14-16-30-27)37-26(32)15-17-34-5/h7-11,14,16,19-21,23H,12-13,15,17-18H2,1-6H3/t20-,21+,23+/m1/s1. The van der Waals surface area contributed by atoms with Gasteiger partial charge in [0.05, 0.1) is 26.1 Å². The van der Waals surface area contributed by atoms with Crippen LogP contribution in [0.4, 0.5) is 0 Å². The van der Waals surface area contributed by atoms with Gasteiger partial charge in [-0.05, 0) is 24.8 Å². The van der Waals surface area contributed by atoms with Crippen LogP contribution in [0, 0.1) is 11.8 Å². The van der Waals surface area contributed by atoms with Gasteiger partial charge >= 0.3 is 11.9 Å². The van der Waals surface area contributed by atoms with Gasteiger partial charge in [0.1, 0.15) is 6.10 Å². The number of Topliss-reactive ketones (excluding diaryl/α,β-unsaturated/α-hetero) is 1. The van der Waals surface area contributed by atoms with Crippen LogP contribution in [0.25, 0.3) is 0 Å². The van der Waals surface area contributed by atoms with Crippen molar-refractivity contribution in [1.29, 1.82) is 0 Å². The van der Waals surface area contributed by atoms with E-state index in [1.54, 1.807) is 6.92 Å². The number of esters is 2. The molecule has 0 spiro atoms. The molecule has 0 N–H and O–H groups in total. The average Bonchev–Trinajstić information content (AvgIpc) is 2.87. The summed E-state index contributed by atoms with van der Waals surface area (Å²) in [7, 11) is 2.88. The zero-order valence-corrected chi connectivity index (χ0v) is 22.7. The van der Waals surface area contributed by atoms with Crippen molar-refractivity contribution in [1.82, 2.24) is 4.98 Å². The highest BCUT2D eigenvalue weighted by molar-refractivity contribution is 6.00. The van der Waals surface area contributed by atoms with Crippen LogP contribution >= 0.6 is 0 Å². The Bertz CT molecular complexity index is 1020.